The third-order valence-electron chi connectivity index (χ3n) is 7.44. The number of benzene rings is 1. The SMILES string of the molecule is CCCCCC[C@H]1CC[C@H]([C@H]2CC[C@H](c3ccc(OC(F)F)c(F)c3)CC2)CC1. The molecule has 4 heteroatoms. The van der Waals surface area contributed by atoms with Gasteiger partial charge in [0.25, 0.3) is 0 Å². The predicted molar refractivity (Wildman–Crippen MR) is 112 cm³/mol. The molecule has 0 unspecified atom stereocenters. The first-order valence-corrected chi connectivity index (χ1v) is 11.8. The summed E-state index contributed by atoms with van der Waals surface area (Å²) >= 11 is 0. The molecular formula is C25H37F3O. The zero-order chi connectivity index (χ0) is 20.6. The van der Waals surface area contributed by atoms with E-state index in [1.807, 2.05) is 0 Å². The molecule has 3 rings (SSSR count). The number of alkyl halides is 2. The van der Waals surface area contributed by atoms with E-state index in [1.165, 1.54) is 82.8 Å². The second-order valence-electron chi connectivity index (χ2n) is 9.31. The summed E-state index contributed by atoms with van der Waals surface area (Å²) in [4.78, 5) is 0. The van der Waals surface area contributed by atoms with E-state index in [0.29, 0.717) is 5.92 Å². The molecule has 0 radical (unpaired) electrons. The van der Waals surface area contributed by atoms with Crippen molar-refractivity contribution >= 4 is 0 Å². The highest BCUT2D eigenvalue weighted by Gasteiger charge is 2.31. The topological polar surface area (TPSA) is 9.23 Å². The van der Waals surface area contributed by atoms with Crippen molar-refractivity contribution in [2.45, 2.75) is 103 Å². The summed E-state index contributed by atoms with van der Waals surface area (Å²) in [6.07, 6.45) is 17.1. The molecule has 0 heterocycles. The smallest absolute Gasteiger partial charge is 0.387 e. The summed E-state index contributed by atoms with van der Waals surface area (Å²) in [7, 11) is 0. The number of hydrogen-bond acceptors (Lipinski definition) is 1. The Morgan fingerprint density at radius 2 is 1.55 bits per heavy atom. The van der Waals surface area contributed by atoms with Crippen LogP contribution in [-0.4, -0.2) is 6.61 Å². The maximum absolute atomic E-state index is 14.0. The van der Waals surface area contributed by atoms with Crippen LogP contribution in [0.25, 0.3) is 0 Å². The summed E-state index contributed by atoms with van der Waals surface area (Å²) in [5.74, 6) is 1.96. The molecule has 0 aromatic heterocycles. The highest BCUT2D eigenvalue weighted by Crippen LogP contribution is 2.44. The molecule has 0 spiro atoms. The van der Waals surface area contributed by atoms with E-state index in [9.17, 15) is 13.2 Å². The fraction of sp³-hybridized carbons (Fsp3) is 0.760. The lowest BCUT2D eigenvalue weighted by atomic mass is 9.68. The average Bonchev–Trinajstić information content (AvgIpc) is 2.73. The minimum Gasteiger partial charge on any atom is -0.432 e. The Balaban J connectivity index is 1.41. The standard InChI is InChI=1S/C25H37F3O/c1-2-3-4-5-6-18-7-9-19(10-8-18)20-11-13-21(14-12-20)22-15-16-24(23(26)17-22)29-25(27)28/h15-21,25H,2-14H2,1H3/t18-,19-,20-,21-. The molecule has 164 valence electrons. The molecule has 2 aliphatic carbocycles. The first-order chi connectivity index (χ1) is 14.1. The van der Waals surface area contributed by atoms with Gasteiger partial charge in [0.2, 0.25) is 0 Å². The van der Waals surface area contributed by atoms with Crippen LogP contribution in [0, 0.1) is 23.6 Å². The van der Waals surface area contributed by atoms with Gasteiger partial charge in [0.1, 0.15) is 0 Å². The Kier molecular flexibility index (Phi) is 8.74. The summed E-state index contributed by atoms with van der Waals surface area (Å²) in [5, 5.41) is 0. The predicted octanol–water partition coefficient (Wildman–Crippen LogP) is 8.48. The van der Waals surface area contributed by atoms with Crippen molar-refractivity contribution in [3.63, 3.8) is 0 Å². The van der Waals surface area contributed by atoms with Crippen molar-refractivity contribution in [3.05, 3.63) is 29.6 Å². The quantitative estimate of drug-likeness (QED) is 0.371. The van der Waals surface area contributed by atoms with E-state index in [4.69, 9.17) is 0 Å². The number of halogens is 3. The first-order valence-electron chi connectivity index (χ1n) is 11.8. The Hall–Kier alpha value is -1.19. The van der Waals surface area contributed by atoms with Crippen molar-refractivity contribution in [3.8, 4) is 5.75 Å². The van der Waals surface area contributed by atoms with E-state index in [-0.39, 0.29) is 5.75 Å². The molecule has 0 aliphatic heterocycles. The maximum atomic E-state index is 14.0. The van der Waals surface area contributed by atoms with Crippen LogP contribution in [0.5, 0.6) is 5.75 Å². The monoisotopic (exact) mass is 410 g/mol. The van der Waals surface area contributed by atoms with Crippen LogP contribution in [0.4, 0.5) is 13.2 Å². The maximum Gasteiger partial charge on any atom is 0.387 e. The van der Waals surface area contributed by atoms with Gasteiger partial charge in [-0.1, -0.05) is 57.9 Å². The molecule has 0 atom stereocenters. The van der Waals surface area contributed by atoms with E-state index in [2.05, 4.69) is 11.7 Å². The normalized spacial score (nSPS) is 27.9. The zero-order valence-electron chi connectivity index (χ0n) is 17.9. The van der Waals surface area contributed by atoms with Gasteiger partial charge < -0.3 is 4.74 Å². The molecule has 2 saturated carbocycles. The van der Waals surface area contributed by atoms with Gasteiger partial charge in [0.15, 0.2) is 11.6 Å². The second-order valence-corrected chi connectivity index (χ2v) is 9.31. The Morgan fingerprint density at radius 1 is 0.897 bits per heavy atom. The van der Waals surface area contributed by atoms with Gasteiger partial charge in [-0.2, -0.15) is 8.78 Å². The van der Waals surface area contributed by atoms with Gasteiger partial charge in [0.05, 0.1) is 0 Å². The summed E-state index contributed by atoms with van der Waals surface area (Å²) < 4.78 is 42.9. The largest absolute Gasteiger partial charge is 0.432 e. The highest BCUT2D eigenvalue weighted by molar-refractivity contribution is 5.31. The second kappa shape index (κ2) is 11.3. The molecular weight excluding hydrogens is 373 g/mol. The van der Waals surface area contributed by atoms with Gasteiger partial charge in [-0.25, -0.2) is 4.39 Å². The molecule has 1 nitrogen and oxygen atoms in total. The van der Waals surface area contributed by atoms with Crippen LogP contribution < -0.4 is 4.74 Å². The molecule has 1 aromatic rings. The van der Waals surface area contributed by atoms with Gasteiger partial charge >= 0.3 is 6.61 Å². The van der Waals surface area contributed by atoms with E-state index in [1.54, 1.807) is 6.07 Å². The molecule has 0 N–H and O–H groups in total. The van der Waals surface area contributed by atoms with Crippen LogP contribution in [-0.2, 0) is 0 Å². The molecule has 2 aliphatic rings. The lowest BCUT2D eigenvalue weighted by Crippen LogP contribution is -2.25. The van der Waals surface area contributed by atoms with Crippen LogP contribution >= 0.6 is 0 Å². The van der Waals surface area contributed by atoms with Crippen LogP contribution in [0.1, 0.15) is 102 Å². The molecule has 0 amide bonds. The number of rotatable bonds is 9. The van der Waals surface area contributed by atoms with Crippen molar-refractivity contribution in [1.82, 2.24) is 0 Å². The van der Waals surface area contributed by atoms with Crippen LogP contribution in [0.2, 0.25) is 0 Å². The Labute approximate surface area is 174 Å². The third-order valence-corrected chi connectivity index (χ3v) is 7.44. The van der Waals surface area contributed by atoms with Crippen molar-refractivity contribution in [2.24, 2.45) is 17.8 Å². The minimum absolute atomic E-state index is 0.344. The molecule has 29 heavy (non-hydrogen) atoms. The lowest BCUT2D eigenvalue weighted by Gasteiger charge is -2.38. The third kappa shape index (κ3) is 6.65. The Morgan fingerprint density at radius 3 is 2.14 bits per heavy atom. The van der Waals surface area contributed by atoms with E-state index < -0.39 is 12.4 Å². The van der Waals surface area contributed by atoms with Crippen LogP contribution in [0.3, 0.4) is 0 Å². The van der Waals surface area contributed by atoms with Crippen molar-refractivity contribution < 1.29 is 17.9 Å². The fourth-order valence-electron chi connectivity index (χ4n) is 5.69. The highest BCUT2D eigenvalue weighted by atomic mass is 19.3. The zero-order valence-corrected chi connectivity index (χ0v) is 17.9. The van der Waals surface area contributed by atoms with Gasteiger partial charge in [-0.05, 0) is 79.9 Å². The minimum atomic E-state index is -2.99. The van der Waals surface area contributed by atoms with Crippen LogP contribution in [0.15, 0.2) is 18.2 Å². The number of unbranched alkanes of at least 4 members (excludes halogenated alkanes) is 3. The van der Waals surface area contributed by atoms with Gasteiger partial charge in [-0.15, -0.1) is 0 Å². The molecule has 0 bridgehead atoms. The number of hydrogen-bond donors (Lipinski definition) is 0. The average molecular weight is 411 g/mol. The van der Waals surface area contributed by atoms with Crippen molar-refractivity contribution in [1.29, 1.82) is 0 Å². The Bertz CT molecular complexity index is 602. The molecule has 2 fully saturated rings. The summed E-state index contributed by atoms with van der Waals surface area (Å²) in [5.41, 5.74) is 0.929. The number of ether oxygens (including phenoxy) is 1. The molecule has 1 aromatic carbocycles. The summed E-state index contributed by atoms with van der Waals surface area (Å²) in [6, 6.07) is 4.51. The fourth-order valence-corrected chi connectivity index (χ4v) is 5.69. The van der Waals surface area contributed by atoms with Gasteiger partial charge in [-0.3, -0.25) is 0 Å². The van der Waals surface area contributed by atoms with Crippen molar-refractivity contribution in [2.75, 3.05) is 0 Å². The molecule has 0 saturated heterocycles. The van der Waals surface area contributed by atoms with E-state index in [0.717, 1.165) is 36.2 Å². The lowest BCUT2D eigenvalue weighted by molar-refractivity contribution is -0.0522. The summed E-state index contributed by atoms with van der Waals surface area (Å²) in [6.45, 7) is -0.718. The first kappa shape index (κ1) is 22.5. The van der Waals surface area contributed by atoms with Gasteiger partial charge in [0, 0.05) is 0 Å². The van der Waals surface area contributed by atoms with E-state index >= 15 is 0 Å².